The number of thioether (sulfide) groups is 2. The van der Waals surface area contributed by atoms with Gasteiger partial charge in [0.05, 0.1) is 9.79 Å². The van der Waals surface area contributed by atoms with E-state index in [4.69, 9.17) is 19.1 Å². The SMILES string of the molecule is CC1(C)CCN(c2ccc(C(=O)CS(=O)(=O)c3ccc(CN(CCSc4ccccc4)Cc4ccc(N=[N+]=[N-])cc4)cc3)cc2)CC1.CC1(C)CCN(c2ccc(C(=O)CS(=O)(=O)c3ccc(CN(CCSc4ccccc4)Cc4ccc(NS(=O)[O-])cc4)cc3)cc2)CC1.CO.O=S=O.[B].[H-].[Na+]. The van der Waals surface area contributed by atoms with E-state index >= 15 is 0 Å². The molecule has 0 amide bonds. The van der Waals surface area contributed by atoms with Crippen LogP contribution >= 0.6 is 23.5 Å². The second-order valence-electron chi connectivity index (χ2n) is 25.8. The largest absolute Gasteiger partial charge is 1.00 e. The van der Waals surface area contributed by atoms with Crippen LogP contribution in [0.25, 0.3) is 10.4 Å². The van der Waals surface area contributed by atoms with Gasteiger partial charge < -0.3 is 25.6 Å². The van der Waals surface area contributed by atoms with Crippen molar-refractivity contribution >= 4 is 109 Å². The Morgan fingerprint density at radius 3 is 1.18 bits per heavy atom. The zero-order chi connectivity index (χ0) is 72.1. The number of nitrogens with one attached hydrogen (secondary N) is 1. The first-order valence-electron chi connectivity index (χ1n) is 32.6. The quantitative estimate of drug-likeness (QED) is 0.00839. The van der Waals surface area contributed by atoms with Crippen LogP contribution in [0.5, 0.6) is 0 Å². The molecule has 2 aliphatic heterocycles. The second kappa shape index (κ2) is 42.9. The van der Waals surface area contributed by atoms with Crippen molar-refractivity contribution in [3.8, 4) is 0 Å². The fourth-order valence-electron chi connectivity index (χ4n) is 11.3. The zero-order valence-electron chi connectivity index (χ0n) is 59.5. The Morgan fingerprint density at radius 2 is 0.863 bits per heavy atom. The molecule has 2 fully saturated rings. The number of rotatable bonds is 29. The molecule has 10 rings (SSSR count). The molecular weight excluding hydrogens is 1420 g/mol. The van der Waals surface area contributed by atoms with Crippen molar-refractivity contribution in [1.29, 1.82) is 0 Å². The number of sulfone groups is 2. The van der Waals surface area contributed by atoms with E-state index in [1.165, 1.54) is 9.79 Å². The Balaban J connectivity index is 0.000000400. The van der Waals surface area contributed by atoms with E-state index in [-0.39, 0.29) is 49.2 Å². The number of hydrogen-bond acceptors (Lipinski definition) is 18. The minimum absolute atomic E-state index is 0. The number of azide groups is 1. The van der Waals surface area contributed by atoms with Gasteiger partial charge in [0.2, 0.25) is 0 Å². The first-order chi connectivity index (χ1) is 48.0. The molecule has 8 aromatic rings. The van der Waals surface area contributed by atoms with Crippen LogP contribution in [0.15, 0.2) is 231 Å². The van der Waals surface area contributed by atoms with E-state index in [0.717, 1.165) is 117 Å². The summed E-state index contributed by atoms with van der Waals surface area (Å²) in [6.07, 6.45) is 4.45. The predicted molar refractivity (Wildman–Crippen MR) is 410 cm³/mol. The minimum atomic E-state index is -3.83. The van der Waals surface area contributed by atoms with Gasteiger partial charge in [-0.15, -0.1) is 23.5 Å². The summed E-state index contributed by atoms with van der Waals surface area (Å²) in [5.74, 6) is -0.253. The van der Waals surface area contributed by atoms with Crippen molar-refractivity contribution in [3.05, 3.63) is 250 Å². The number of aliphatic hydroxyl groups excluding tert-OH is 1. The molecule has 0 aromatic heterocycles. The molecule has 27 heteroatoms. The topological polar surface area (TPSA) is 271 Å². The zero-order valence-corrected chi connectivity index (χ0v) is 65.4. The summed E-state index contributed by atoms with van der Waals surface area (Å²) in [6, 6.07) is 63.4. The number of benzene rings is 8. The van der Waals surface area contributed by atoms with Gasteiger partial charge in [0.15, 0.2) is 31.2 Å². The van der Waals surface area contributed by atoms with Crippen molar-refractivity contribution < 1.29 is 79.7 Å². The maximum atomic E-state index is 13.3. The molecule has 1 unspecified atom stereocenters. The van der Waals surface area contributed by atoms with Crippen LogP contribution < -0.4 is 44.1 Å². The van der Waals surface area contributed by atoms with E-state index in [1.54, 1.807) is 108 Å². The standard InChI is InChI=1S/C37H41N5O3S2.C37H43N3O5S3.CH4O.B.Na.O2S.H/c1-37(2)20-22-42(23-21-37)33-16-12-31(13-17-33)36(43)28-47(44,45)35-18-10-30(11-19-35)27-41(24-25-46-34-6-4-3-5-7-34)26-29-8-14-32(15-9-29)39-40-38;1-37(2)20-22-40(23-21-37)33-16-12-31(13-17-33)36(41)28-48(44,45)35-18-10-30(11-19-35)27-39(24-25-46-34-6-4-3-5-7-34)26-29-8-14-32(15-9-29)38-47(42)43;1-2;;;1-3-2;/h3-19H,20-28H2,1-2H3;3-19,38H,20-28H2,1-2H3,(H,42,43);2H,1H3;;;;/q;;;;+1;;-1/p-1. The Labute approximate surface area is 641 Å². The van der Waals surface area contributed by atoms with Gasteiger partial charge in [0.1, 0.15) is 11.5 Å². The van der Waals surface area contributed by atoms with Crippen molar-refractivity contribution in [3.63, 3.8) is 0 Å². The third kappa shape index (κ3) is 28.7. The van der Waals surface area contributed by atoms with Gasteiger partial charge in [-0.1, -0.05) is 130 Å². The average molecular weight is 1500 g/mol. The van der Waals surface area contributed by atoms with Crippen LogP contribution in [0.1, 0.15) is 97.8 Å². The molecule has 2 N–H and O–H groups in total. The van der Waals surface area contributed by atoms with Crippen molar-refractivity contribution in [2.24, 2.45) is 15.9 Å². The van der Waals surface area contributed by atoms with E-state index in [1.807, 2.05) is 97.1 Å². The van der Waals surface area contributed by atoms with Gasteiger partial charge in [-0.3, -0.25) is 23.6 Å². The number of ketones is 2. The number of carbonyl (C=O) groups excluding carboxylic acids is 2. The fraction of sp³-hybridized carbons (Fsp3) is 0.333. The van der Waals surface area contributed by atoms with Crippen LogP contribution in [-0.4, -0.2) is 138 Å². The van der Waals surface area contributed by atoms with Gasteiger partial charge >= 0.3 is 41.1 Å². The second-order valence-corrected chi connectivity index (χ2v) is 32.9. The number of Topliss-reactive ketones (excluding diaryl/α,β-unsaturated/α-hetero) is 2. The van der Waals surface area contributed by atoms with Gasteiger partial charge in [0, 0.05) is 152 Å². The maximum absolute atomic E-state index is 13.3. The molecule has 0 bridgehead atoms. The van der Waals surface area contributed by atoms with Crippen LogP contribution in [0.4, 0.5) is 22.7 Å². The Kier molecular flexibility index (Phi) is 36.1. The molecule has 102 heavy (non-hydrogen) atoms. The minimum Gasteiger partial charge on any atom is -1.00 e. The van der Waals surface area contributed by atoms with Crippen molar-refractivity contribution in [2.75, 3.05) is 83.9 Å². The number of aliphatic hydroxyl groups is 1. The molecule has 2 aliphatic rings. The number of hydrogen-bond donors (Lipinski definition) is 2. The molecule has 19 nitrogen and oxygen atoms in total. The average Bonchev–Trinajstić information content (AvgIpc) is 0.826. The van der Waals surface area contributed by atoms with Crippen molar-refractivity contribution in [1.82, 2.24) is 9.80 Å². The van der Waals surface area contributed by atoms with Gasteiger partial charge in [0.25, 0.3) is 0 Å². The van der Waals surface area contributed by atoms with Gasteiger partial charge in [-0.05, 0) is 173 Å². The molecule has 0 saturated carbocycles. The number of anilines is 3. The molecular formula is C75H88BN8NaO11S6-. The van der Waals surface area contributed by atoms with Gasteiger partial charge in [-0.2, -0.15) is 8.42 Å². The Morgan fingerprint density at radius 1 is 0.549 bits per heavy atom. The Hall–Kier alpha value is -6.72. The smallest absolute Gasteiger partial charge is 1.00 e. The molecule has 3 radical (unpaired) electrons. The third-order valence-corrected chi connectivity index (χ3v) is 22.9. The number of carbonyl (C=O) groups is 2. The van der Waals surface area contributed by atoms with E-state index in [2.05, 4.69) is 86.3 Å². The van der Waals surface area contributed by atoms with E-state index in [0.29, 0.717) is 59.5 Å². The van der Waals surface area contributed by atoms with Crippen LogP contribution in [0.3, 0.4) is 0 Å². The summed E-state index contributed by atoms with van der Waals surface area (Å²) in [5.41, 5.74) is 17.4. The number of piperidine rings is 2. The summed E-state index contributed by atoms with van der Waals surface area (Å²) in [5, 5.41) is 10.7. The van der Waals surface area contributed by atoms with Crippen LogP contribution in [0.2, 0.25) is 0 Å². The molecule has 0 aliphatic carbocycles. The summed E-state index contributed by atoms with van der Waals surface area (Å²) in [7, 11) is -6.64. The summed E-state index contributed by atoms with van der Waals surface area (Å²) < 4.78 is 93.9. The molecule has 8 aromatic carbocycles. The monoisotopic (exact) mass is 1500 g/mol. The normalized spacial score (nSPS) is 14.0. The fourth-order valence-corrected chi connectivity index (χ4v) is 16.0. The molecule has 1 atom stereocenters. The molecule has 2 heterocycles. The number of nitrogens with zero attached hydrogens (tertiary/aromatic N) is 7. The summed E-state index contributed by atoms with van der Waals surface area (Å²) in [4.78, 5) is 40.8. The molecule has 2 saturated heterocycles. The predicted octanol–water partition coefficient (Wildman–Crippen LogP) is 11.3. The van der Waals surface area contributed by atoms with Crippen LogP contribution in [-0.2, 0) is 68.7 Å². The van der Waals surface area contributed by atoms with E-state index < -0.39 is 65.6 Å². The maximum Gasteiger partial charge on any atom is 1.00 e. The molecule has 0 spiro atoms. The summed E-state index contributed by atoms with van der Waals surface area (Å²) in [6.45, 7) is 17.1. The van der Waals surface area contributed by atoms with Crippen LogP contribution in [0, 0.1) is 10.8 Å². The van der Waals surface area contributed by atoms with E-state index in [9.17, 15) is 35.2 Å². The third-order valence-electron chi connectivity index (χ3n) is 17.3. The molecule has 535 valence electrons. The summed E-state index contributed by atoms with van der Waals surface area (Å²) >= 11 is 0.413. The Bertz CT molecular complexity index is 4230. The van der Waals surface area contributed by atoms with Gasteiger partial charge in [-0.25, -0.2) is 16.8 Å². The first-order valence-corrected chi connectivity index (χ1v) is 39.6. The van der Waals surface area contributed by atoms with Crippen molar-refractivity contribution in [2.45, 2.75) is 99.1 Å². The first kappa shape index (κ1) is 85.9.